The van der Waals surface area contributed by atoms with E-state index in [-0.39, 0.29) is 0 Å². The monoisotopic (exact) mass is 650 g/mol. The average molecular weight is 651 g/mol. The number of pyridine rings is 1. The van der Waals surface area contributed by atoms with Gasteiger partial charge >= 0.3 is 0 Å². The van der Waals surface area contributed by atoms with Gasteiger partial charge in [-0.05, 0) is 85.6 Å². The van der Waals surface area contributed by atoms with Gasteiger partial charge in [-0.15, -0.1) is 0 Å². The molecule has 1 heterocycles. The van der Waals surface area contributed by atoms with E-state index in [4.69, 9.17) is 4.98 Å². The van der Waals surface area contributed by atoms with Crippen LogP contribution in [0.15, 0.2) is 206 Å². The molecule has 0 aliphatic rings. The molecular formula is C49H34N2. The van der Waals surface area contributed by atoms with E-state index < -0.39 is 0 Å². The van der Waals surface area contributed by atoms with Crippen molar-refractivity contribution in [2.24, 2.45) is 0 Å². The minimum absolute atomic E-state index is 0.856. The van der Waals surface area contributed by atoms with Crippen molar-refractivity contribution in [2.75, 3.05) is 4.90 Å². The Morgan fingerprint density at radius 1 is 0.333 bits per heavy atom. The van der Waals surface area contributed by atoms with Crippen molar-refractivity contribution in [2.45, 2.75) is 0 Å². The maximum absolute atomic E-state index is 5.01. The van der Waals surface area contributed by atoms with Crippen LogP contribution in [-0.2, 0) is 0 Å². The lowest BCUT2D eigenvalue weighted by atomic mass is 9.86. The molecule has 51 heavy (non-hydrogen) atoms. The van der Waals surface area contributed by atoms with Crippen molar-refractivity contribution < 1.29 is 0 Å². The van der Waals surface area contributed by atoms with Gasteiger partial charge in [-0.2, -0.15) is 0 Å². The van der Waals surface area contributed by atoms with E-state index >= 15 is 0 Å². The van der Waals surface area contributed by atoms with E-state index in [1.165, 1.54) is 44.2 Å². The van der Waals surface area contributed by atoms with Crippen molar-refractivity contribution in [1.82, 2.24) is 4.98 Å². The maximum Gasteiger partial charge on any atom is 0.137 e. The predicted molar refractivity (Wildman–Crippen MR) is 216 cm³/mol. The van der Waals surface area contributed by atoms with Crippen LogP contribution in [0.5, 0.6) is 0 Å². The number of hydrogen-bond donors (Lipinski definition) is 0. The zero-order valence-electron chi connectivity index (χ0n) is 28.0. The Balaban J connectivity index is 1.38. The van der Waals surface area contributed by atoms with Crippen LogP contribution < -0.4 is 4.90 Å². The molecule has 9 rings (SSSR count). The van der Waals surface area contributed by atoms with Gasteiger partial charge in [0.15, 0.2) is 0 Å². The van der Waals surface area contributed by atoms with Gasteiger partial charge in [0, 0.05) is 22.7 Å². The molecule has 0 radical (unpaired) electrons. The third kappa shape index (κ3) is 5.63. The van der Waals surface area contributed by atoms with E-state index in [0.29, 0.717) is 0 Å². The lowest BCUT2D eigenvalue weighted by Gasteiger charge is -2.29. The average Bonchev–Trinajstić information content (AvgIpc) is 3.22. The molecule has 0 spiro atoms. The highest BCUT2D eigenvalue weighted by Crippen LogP contribution is 2.50. The fraction of sp³-hybridized carbons (Fsp3) is 0. The normalized spacial score (nSPS) is 11.1. The standard InChI is InChI=1S/C49H34N2/c1-4-18-35(19-5-1)38-32-39(36-20-6-2-7-21-36)34-40(33-38)51(47-30-16-17-31-50-47)49-45-28-14-12-26-43(45)48(44-27-13-15-29-46(44)49)42-25-11-10-24-41(42)37-22-8-3-9-23-37/h1-34H. The van der Waals surface area contributed by atoms with Crippen LogP contribution >= 0.6 is 0 Å². The van der Waals surface area contributed by atoms with E-state index in [9.17, 15) is 0 Å². The van der Waals surface area contributed by atoms with Crippen LogP contribution in [0.1, 0.15) is 0 Å². The molecule has 1 aromatic heterocycles. The highest BCUT2D eigenvalue weighted by molar-refractivity contribution is 6.23. The largest absolute Gasteiger partial charge is 0.294 e. The molecule has 2 heteroatoms. The fourth-order valence-electron chi connectivity index (χ4n) is 7.40. The molecule has 0 amide bonds. The molecule has 2 nitrogen and oxygen atoms in total. The first-order valence-electron chi connectivity index (χ1n) is 17.4. The summed E-state index contributed by atoms with van der Waals surface area (Å²) in [4.78, 5) is 7.37. The minimum atomic E-state index is 0.856. The van der Waals surface area contributed by atoms with Crippen molar-refractivity contribution in [3.63, 3.8) is 0 Å². The topological polar surface area (TPSA) is 16.1 Å². The molecule has 0 saturated carbocycles. The molecule has 240 valence electrons. The van der Waals surface area contributed by atoms with Gasteiger partial charge < -0.3 is 0 Å². The number of nitrogens with zero attached hydrogens (tertiary/aromatic N) is 2. The Labute approximate surface area is 298 Å². The van der Waals surface area contributed by atoms with Gasteiger partial charge in [-0.1, -0.05) is 170 Å². The van der Waals surface area contributed by atoms with E-state index in [1.807, 2.05) is 12.3 Å². The van der Waals surface area contributed by atoms with Crippen LogP contribution in [-0.4, -0.2) is 4.98 Å². The van der Waals surface area contributed by atoms with Crippen molar-refractivity contribution in [3.8, 4) is 44.5 Å². The summed E-state index contributed by atoms with van der Waals surface area (Å²) in [5.74, 6) is 0.856. The van der Waals surface area contributed by atoms with Gasteiger partial charge in [0.05, 0.1) is 5.69 Å². The molecular weight excluding hydrogens is 617 g/mol. The highest BCUT2D eigenvalue weighted by atomic mass is 15.2. The lowest BCUT2D eigenvalue weighted by Crippen LogP contribution is -2.13. The van der Waals surface area contributed by atoms with Gasteiger partial charge in [-0.25, -0.2) is 4.98 Å². The van der Waals surface area contributed by atoms with Crippen LogP contribution in [0.3, 0.4) is 0 Å². The third-order valence-corrected chi connectivity index (χ3v) is 9.68. The maximum atomic E-state index is 5.01. The summed E-state index contributed by atoms with van der Waals surface area (Å²) < 4.78 is 0. The summed E-state index contributed by atoms with van der Waals surface area (Å²) >= 11 is 0. The summed E-state index contributed by atoms with van der Waals surface area (Å²) in [7, 11) is 0. The van der Waals surface area contributed by atoms with Gasteiger partial charge in [0.25, 0.3) is 0 Å². The van der Waals surface area contributed by atoms with E-state index in [1.54, 1.807) is 0 Å². The summed E-state index contributed by atoms with van der Waals surface area (Å²) in [5, 5.41) is 4.70. The first kappa shape index (κ1) is 30.3. The molecule has 0 atom stereocenters. The second-order valence-electron chi connectivity index (χ2n) is 12.8. The van der Waals surface area contributed by atoms with Gasteiger partial charge in [0.2, 0.25) is 0 Å². The smallest absolute Gasteiger partial charge is 0.137 e. The van der Waals surface area contributed by atoms with Crippen molar-refractivity contribution in [3.05, 3.63) is 206 Å². The number of aromatic nitrogens is 1. The number of anilines is 3. The molecule has 0 fully saturated rings. The van der Waals surface area contributed by atoms with Crippen LogP contribution in [0.4, 0.5) is 17.2 Å². The highest BCUT2D eigenvalue weighted by Gasteiger charge is 2.24. The summed E-state index contributed by atoms with van der Waals surface area (Å²) in [5.41, 5.74) is 11.6. The Morgan fingerprint density at radius 2 is 0.784 bits per heavy atom. The Hall–Kier alpha value is -6.77. The molecule has 0 aliphatic heterocycles. The zero-order chi connectivity index (χ0) is 34.0. The van der Waals surface area contributed by atoms with Crippen molar-refractivity contribution >= 4 is 38.7 Å². The number of rotatable bonds is 7. The van der Waals surface area contributed by atoms with Gasteiger partial charge in [-0.3, -0.25) is 4.90 Å². The molecule has 0 unspecified atom stereocenters. The van der Waals surface area contributed by atoms with E-state index in [0.717, 1.165) is 39.1 Å². The summed E-state index contributed by atoms with van der Waals surface area (Å²) in [6, 6.07) is 71.6. The van der Waals surface area contributed by atoms with Gasteiger partial charge in [0.1, 0.15) is 5.82 Å². The van der Waals surface area contributed by atoms with E-state index in [2.05, 4.69) is 199 Å². The van der Waals surface area contributed by atoms with Crippen molar-refractivity contribution in [1.29, 1.82) is 0 Å². The number of benzene rings is 8. The quantitative estimate of drug-likeness (QED) is 0.160. The minimum Gasteiger partial charge on any atom is -0.294 e. The lowest BCUT2D eigenvalue weighted by molar-refractivity contribution is 1.19. The molecule has 0 saturated heterocycles. The first-order valence-corrected chi connectivity index (χ1v) is 17.4. The number of hydrogen-bond acceptors (Lipinski definition) is 2. The molecule has 9 aromatic rings. The summed E-state index contributed by atoms with van der Waals surface area (Å²) in [6.45, 7) is 0. The zero-order valence-corrected chi connectivity index (χ0v) is 28.0. The Morgan fingerprint density at radius 3 is 1.31 bits per heavy atom. The third-order valence-electron chi connectivity index (χ3n) is 9.68. The number of fused-ring (bicyclic) bond motifs is 2. The molecule has 0 aliphatic carbocycles. The summed E-state index contributed by atoms with van der Waals surface area (Å²) in [6.07, 6.45) is 1.89. The molecule has 8 aromatic carbocycles. The fourth-order valence-corrected chi connectivity index (χ4v) is 7.40. The predicted octanol–water partition coefficient (Wildman–Crippen LogP) is 13.5. The first-order chi connectivity index (χ1) is 25.3. The molecule has 0 bridgehead atoms. The SMILES string of the molecule is c1ccc(-c2cc(-c3ccccc3)cc(N(c3ccccn3)c3c4ccccc4c(-c4ccccc4-c4ccccc4)c4ccccc34)c2)cc1. The second-order valence-corrected chi connectivity index (χ2v) is 12.8. The Bertz CT molecular complexity index is 2500. The Kier molecular flexibility index (Phi) is 7.88. The van der Waals surface area contributed by atoms with Crippen LogP contribution in [0.2, 0.25) is 0 Å². The van der Waals surface area contributed by atoms with Crippen LogP contribution in [0.25, 0.3) is 66.1 Å². The molecule has 0 N–H and O–H groups in total. The van der Waals surface area contributed by atoms with Crippen LogP contribution in [0, 0.1) is 0 Å². The second kappa shape index (κ2) is 13.3.